The van der Waals surface area contributed by atoms with Crippen molar-refractivity contribution in [1.29, 1.82) is 0 Å². The second kappa shape index (κ2) is 9.38. The van der Waals surface area contributed by atoms with Crippen LogP contribution in [0.25, 0.3) is 17.2 Å². The fraction of sp³-hybridized carbons (Fsp3) is 0.143. The fourth-order valence-corrected chi connectivity index (χ4v) is 4.16. The summed E-state index contributed by atoms with van der Waals surface area (Å²) in [7, 11) is 0. The van der Waals surface area contributed by atoms with Crippen molar-refractivity contribution in [2.75, 3.05) is 5.32 Å². The summed E-state index contributed by atoms with van der Waals surface area (Å²) in [4.78, 5) is 31.3. The molecule has 0 aliphatic carbocycles. The van der Waals surface area contributed by atoms with Gasteiger partial charge in [0.25, 0.3) is 5.56 Å². The third-order valence-electron chi connectivity index (χ3n) is 6.10. The van der Waals surface area contributed by atoms with Gasteiger partial charge in [-0.15, -0.1) is 5.10 Å². The number of nitrogens with one attached hydrogen (secondary N) is 1. The van der Waals surface area contributed by atoms with Crippen molar-refractivity contribution in [1.82, 2.24) is 19.2 Å². The summed E-state index contributed by atoms with van der Waals surface area (Å²) in [6.45, 7) is 3.80. The Labute approximate surface area is 202 Å². The maximum atomic E-state index is 13.5. The summed E-state index contributed by atoms with van der Waals surface area (Å²) in [6.07, 6.45) is 0.432. The molecule has 0 aliphatic heterocycles. The largest absolute Gasteiger partial charge is 0.324 e. The molecule has 1 amide bonds. The van der Waals surface area contributed by atoms with Crippen LogP contribution in [-0.4, -0.2) is 25.1 Å². The molecule has 7 nitrogen and oxygen atoms in total. The molecular weight excluding hydrogens is 438 g/mol. The van der Waals surface area contributed by atoms with Crippen LogP contribution in [0.3, 0.4) is 0 Å². The molecule has 0 atom stereocenters. The summed E-state index contributed by atoms with van der Waals surface area (Å²) < 4.78 is 3.08. The molecule has 0 fully saturated rings. The number of carbonyl (C=O) groups excluding carboxylic acids is 1. The zero-order valence-corrected chi connectivity index (χ0v) is 19.6. The van der Waals surface area contributed by atoms with Gasteiger partial charge in [-0.1, -0.05) is 78.9 Å². The highest BCUT2D eigenvalue weighted by Crippen LogP contribution is 2.19. The number of amides is 1. The summed E-state index contributed by atoms with van der Waals surface area (Å²) >= 11 is 0. The number of fused-ring (bicyclic) bond motifs is 1. The lowest BCUT2D eigenvalue weighted by Crippen LogP contribution is -2.29. The summed E-state index contributed by atoms with van der Waals surface area (Å²) in [5, 5.41) is 7.51. The van der Waals surface area contributed by atoms with E-state index < -0.39 is 0 Å². The first-order valence-electron chi connectivity index (χ1n) is 11.4. The minimum atomic E-state index is -0.230. The molecule has 35 heavy (non-hydrogen) atoms. The molecule has 3 aromatic carbocycles. The number of benzene rings is 3. The van der Waals surface area contributed by atoms with Crippen LogP contribution in [0.15, 0.2) is 89.7 Å². The van der Waals surface area contributed by atoms with Gasteiger partial charge in [-0.2, -0.15) is 9.50 Å². The number of hydrogen-bond acceptors (Lipinski definition) is 4. The van der Waals surface area contributed by atoms with Crippen LogP contribution in [0, 0.1) is 13.8 Å². The van der Waals surface area contributed by atoms with E-state index in [1.165, 1.54) is 4.52 Å². The first kappa shape index (κ1) is 22.3. The van der Waals surface area contributed by atoms with E-state index >= 15 is 0 Å². The van der Waals surface area contributed by atoms with Crippen molar-refractivity contribution >= 4 is 17.4 Å². The molecule has 0 saturated carbocycles. The lowest BCUT2D eigenvalue weighted by molar-refractivity contribution is -0.116. The second-order valence-electron chi connectivity index (χ2n) is 8.49. The van der Waals surface area contributed by atoms with Crippen LogP contribution < -0.4 is 10.9 Å². The van der Waals surface area contributed by atoms with Crippen LogP contribution in [0.2, 0.25) is 0 Å². The van der Waals surface area contributed by atoms with E-state index in [0.717, 1.165) is 22.4 Å². The van der Waals surface area contributed by atoms with E-state index in [1.54, 1.807) is 4.57 Å². The predicted molar refractivity (Wildman–Crippen MR) is 136 cm³/mol. The molecule has 1 N–H and O–H groups in total. The molecule has 5 aromatic rings. The maximum Gasteiger partial charge on any atom is 0.279 e. The summed E-state index contributed by atoms with van der Waals surface area (Å²) in [5.41, 5.74) is 4.58. The van der Waals surface area contributed by atoms with Gasteiger partial charge in [-0.3, -0.25) is 9.59 Å². The number of para-hydroxylation sites is 1. The second-order valence-corrected chi connectivity index (χ2v) is 8.49. The van der Waals surface area contributed by atoms with E-state index in [2.05, 4.69) is 15.4 Å². The van der Waals surface area contributed by atoms with Crippen LogP contribution in [0.4, 0.5) is 5.69 Å². The number of hydrogen-bond donors (Lipinski definition) is 1. The quantitative estimate of drug-likeness (QED) is 0.405. The van der Waals surface area contributed by atoms with Crippen LogP contribution in [0.5, 0.6) is 0 Å². The highest BCUT2D eigenvalue weighted by atomic mass is 16.2. The molecule has 0 bridgehead atoms. The van der Waals surface area contributed by atoms with Gasteiger partial charge in [0.05, 0.1) is 0 Å². The average Bonchev–Trinajstić information content (AvgIpc) is 3.33. The van der Waals surface area contributed by atoms with Crippen molar-refractivity contribution in [2.24, 2.45) is 0 Å². The molecule has 5 rings (SSSR count). The van der Waals surface area contributed by atoms with Crippen LogP contribution in [-0.2, 0) is 17.8 Å². The number of rotatable bonds is 6. The van der Waals surface area contributed by atoms with E-state index in [-0.39, 0.29) is 18.0 Å². The fourth-order valence-electron chi connectivity index (χ4n) is 4.16. The van der Waals surface area contributed by atoms with Crippen molar-refractivity contribution in [2.45, 2.75) is 26.8 Å². The van der Waals surface area contributed by atoms with Crippen molar-refractivity contribution in [3.63, 3.8) is 0 Å². The molecule has 7 heteroatoms. The van der Waals surface area contributed by atoms with E-state index in [1.807, 2.05) is 98.8 Å². The summed E-state index contributed by atoms with van der Waals surface area (Å²) in [6, 6.07) is 26.9. The minimum Gasteiger partial charge on any atom is -0.324 e. The SMILES string of the molecule is Cc1ccccc1NC(=O)Cn1c(C)c(Cc2ccccc2)c(=O)n2nc(-c3ccccc3)nc12. The number of carbonyl (C=O) groups is 1. The average molecular weight is 464 g/mol. The maximum absolute atomic E-state index is 13.5. The lowest BCUT2D eigenvalue weighted by Gasteiger charge is -2.16. The Morgan fingerprint density at radius 3 is 2.26 bits per heavy atom. The van der Waals surface area contributed by atoms with E-state index in [0.29, 0.717) is 29.3 Å². The highest BCUT2D eigenvalue weighted by Gasteiger charge is 2.20. The Kier molecular flexibility index (Phi) is 5.97. The molecular formula is C28H25N5O2. The van der Waals surface area contributed by atoms with Gasteiger partial charge >= 0.3 is 0 Å². The van der Waals surface area contributed by atoms with Crippen molar-refractivity contribution < 1.29 is 4.79 Å². The van der Waals surface area contributed by atoms with Gasteiger partial charge in [-0.05, 0) is 31.0 Å². The summed E-state index contributed by atoms with van der Waals surface area (Å²) in [5.74, 6) is 0.568. The molecule has 174 valence electrons. The van der Waals surface area contributed by atoms with Gasteiger partial charge in [0.1, 0.15) is 6.54 Å². The molecule has 0 aliphatic rings. The Bertz CT molecular complexity index is 1570. The third kappa shape index (κ3) is 4.48. The Balaban J connectivity index is 1.62. The Morgan fingerprint density at radius 2 is 1.54 bits per heavy atom. The highest BCUT2D eigenvalue weighted by molar-refractivity contribution is 5.91. The first-order valence-corrected chi connectivity index (χ1v) is 11.4. The number of anilines is 1. The van der Waals surface area contributed by atoms with E-state index in [9.17, 15) is 9.59 Å². The molecule has 2 aromatic heterocycles. The van der Waals surface area contributed by atoms with Gasteiger partial charge in [0.15, 0.2) is 5.82 Å². The molecule has 0 radical (unpaired) electrons. The molecule has 0 unspecified atom stereocenters. The molecule has 0 saturated heterocycles. The normalized spacial score (nSPS) is 11.0. The number of aromatic nitrogens is 4. The third-order valence-corrected chi connectivity index (χ3v) is 6.10. The Morgan fingerprint density at radius 1 is 0.886 bits per heavy atom. The van der Waals surface area contributed by atoms with Gasteiger partial charge in [-0.25, -0.2) is 0 Å². The minimum absolute atomic E-state index is 0.00133. The van der Waals surface area contributed by atoms with Gasteiger partial charge in [0.2, 0.25) is 11.7 Å². The Hall–Kier alpha value is -4.52. The topological polar surface area (TPSA) is 81.3 Å². The molecule has 2 heterocycles. The predicted octanol–water partition coefficient (Wildman–Crippen LogP) is 4.40. The first-order chi connectivity index (χ1) is 17.0. The zero-order valence-electron chi connectivity index (χ0n) is 19.6. The van der Waals surface area contributed by atoms with Gasteiger partial charge in [0, 0.05) is 28.9 Å². The van der Waals surface area contributed by atoms with Crippen molar-refractivity contribution in [3.05, 3.63) is 118 Å². The van der Waals surface area contributed by atoms with Crippen molar-refractivity contribution in [3.8, 4) is 11.4 Å². The van der Waals surface area contributed by atoms with Gasteiger partial charge < -0.3 is 9.88 Å². The van der Waals surface area contributed by atoms with Crippen LogP contribution >= 0.6 is 0 Å². The monoisotopic (exact) mass is 463 g/mol. The molecule has 0 spiro atoms. The van der Waals surface area contributed by atoms with Crippen LogP contribution in [0.1, 0.15) is 22.4 Å². The number of aryl methyl sites for hydroxylation is 1. The lowest BCUT2D eigenvalue weighted by atomic mass is 10.0. The zero-order chi connectivity index (χ0) is 24.4. The number of nitrogens with zero attached hydrogens (tertiary/aromatic N) is 4. The van der Waals surface area contributed by atoms with E-state index in [4.69, 9.17) is 0 Å². The smallest absolute Gasteiger partial charge is 0.279 e. The standard InChI is InChI=1S/C28H25N5O2/c1-19-11-9-10-16-24(19)29-25(34)18-32-20(2)23(17-21-12-5-3-6-13-21)27(35)33-28(32)30-26(31-33)22-14-7-4-8-15-22/h3-16H,17-18H2,1-2H3,(H,29,34).